The van der Waals surface area contributed by atoms with Crippen molar-refractivity contribution in [2.24, 2.45) is 0 Å². The summed E-state index contributed by atoms with van der Waals surface area (Å²) < 4.78 is 1.96. The molecule has 3 heterocycles. The molecule has 9 nitrogen and oxygen atoms in total. The fourth-order valence-electron chi connectivity index (χ4n) is 2.81. The van der Waals surface area contributed by atoms with Gasteiger partial charge in [0.25, 0.3) is 5.91 Å². The third kappa shape index (κ3) is 3.00. The monoisotopic (exact) mass is 338 g/mol. The lowest BCUT2D eigenvalue weighted by Crippen LogP contribution is -2.27. The molecule has 0 saturated carbocycles. The number of hydrogen-bond donors (Lipinski definition) is 1. The van der Waals surface area contributed by atoms with Gasteiger partial charge in [-0.15, -0.1) is 20.4 Å². The summed E-state index contributed by atoms with van der Waals surface area (Å²) in [7, 11) is 0. The smallest absolute Gasteiger partial charge is 0.253 e. The van der Waals surface area contributed by atoms with Gasteiger partial charge in [-0.25, -0.2) is 0 Å². The van der Waals surface area contributed by atoms with Crippen LogP contribution >= 0.6 is 0 Å². The molecule has 1 aliphatic rings. The highest BCUT2D eigenvalue weighted by Crippen LogP contribution is 2.18. The summed E-state index contributed by atoms with van der Waals surface area (Å²) in [5.41, 5.74) is 0.855. The van der Waals surface area contributed by atoms with E-state index in [2.05, 4.69) is 30.9 Å². The number of anilines is 1. The predicted octanol–water partition coefficient (Wildman–Crippen LogP) is 1.47. The van der Waals surface area contributed by atoms with E-state index in [1.807, 2.05) is 34.9 Å². The van der Waals surface area contributed by atoms with E-state index in [0.717, 1.165) is 37.2 Å². The van der Waals surface area contributed by atoms with Crippen molar-refractivity contribution in [3.05, 3.63) is 36.2 Å². The molecule has 128 valence electrons. The summed E-state index contributed by atoms with van der Waals surface area (Å²) in [5.74, 6) is 1.63. The number of aromatic nitrogens is 7. The Kier molecular flexibility index (Phi) is 3.96. The molecule has 9 heteroatoms. The predicted molar refractivity (Wildman–Crippen MR) is 89.6 cm³/mol. The van der Waals surface area contributed by atoms with E-state index in [1.165, 1.54) is 4.80 Å². The van der Waals surface area contributed by atoms with E-state index in [1.54, 1.807) is 6.92 Å². The number of fused-ring (bicyclic) bond motifs is 1. The van der Waals surface area contributed by atoms with Crippen molar-refractivity contribution in [3.8, 4) is 11.4 Å². The van der Waals surface area contributed by atoms with Crippen LogP contribution in [0, 0.1) is 0 Å². The number of hydrogen-bond acceptors (Lipinski definition) is 6. The first kappa shape index (κ1) is 15.4. The number of rotatable bonds is 4. The zero-order valence-electron chi connectivity index (χ0n) is 13.8. The van der Waals surface area contributed by atoms with Gasteiger partial charge in [0, 0.05) is 18.5 Å². The van der Waals surface area contributed by atoms with Gasteiger partial charge in [-0.05, 0) is 25.0 Å². The fraction of sp³-hybridized carbons (Fsp3) is 0.375. The molecule has 1 atom stereocenters. The van der Waals surface area contributed by atoms with Gasteiger partial charge in [0.15, 0.2) is 0 Å². The standard InChI is InChI=1S/C16H18N8O/c1-11(24-21-14(19-22-24)12-7-3-2-4-8-12)15(25)17-16-20-18-13-9-5-6-10-23(13)16/h2-4,7-8,11H,5-6,9-10H2,1H3,(H,17,20,25). The maximum atomic E-state index is 12.5. The highest BCUT2D eigenvalue weighted by Gasteiger charge is 2.22. The Morgan fingerprint density at radius 3 is 2.84 bits per heavy atom. The van der Waals surface area contributed by atoms with Crippen molar-refractivity contribution in [2.75, 3.05) is 5.32 Å². The van der Waals surface area contributed by atoms with E-state index >= 15 is 0 Å². The molecule has 0 spiro atoms. The molecular weight excluding hydrogens is 320 g/mol. The van der Waals surface area contributed by atoms with Gasteiger partial charge >= 0.3 is 0 Å². The second-order valence-corrected chi connectivity index (χ2v) is 6.01. The number of tetrazole rings is 1. The van der Waals surface area contributed by atoms with Crippen LogP contribution < -0.4 is 5.32 Å². The lowest BCUT2D eigenvalue weighted by Gasteiger charge is -2.15. The molecule has 4 rings (SSSR count). The molecule has 0 bridgehead atoms. The molecule has 0 fully saturated rings. The molecule has 1 aliphatic heterocycles. The normalized spacial score (nSPS) is 14.8. The minimum absolute atomic E-state index is 0.252. The van der Waals surface area contributed by atoms with Crippen LogP contribution in [0.5, 0.6) is 0 Å². The molecule has 1 aromatic carbocycles. The zero-order chi connectivity index (χ0) is 17.2. The second-order valence-electron chi connectivity index (χ2n) is 6.01. The van der Waals surface area contributed by atoms with Gasteiger partial charge in [-0.1, -0.05) is 30.3 Å². The zero-order valence-corrected chi connectivity index (χ0v) is 13.8. The van der Waals surface area contributed by atoms with E-state index in [-0.39, 0.29) is 5.91 Å². The van der Waals surface area contributed by atoms with Crippen molar-refractivity contribution >= 4 is 11.9 Å². The van der Waals surface area contributed by atoms with Gasteiger partial charge in [-0.3, -0.25) is 14.7 Å². The Labute approximate surface area is 144 Å². The number of carbonyl (C=O) groups excluding carboxylic acids is 1. The minimum Gasteiger partial charge on any atom is -0.297 e. The number of benzene rings is 1. The third-order valence-electron chi connectivity index (χ3n) is 4.28. The van der Waals surface area contributed by atoms with E-state index < -0.39 is 6.04 Å². The average molecular weight is 338 g/mol. The molecule has 3 aromatic rings. The van der Waals surface area contributed by atoms with Crippen LogP contribution in [0.3, 0.4) is 0 Å². The first-order valence-corrected chi connectivity index (χ1v) is 8.30. The quantitative estimate of drug-likeness (QED) is 0.772. The topological polar surface area (TPSA) is 103 Å². The number of amides is 1. The van der Waals surface area contributed by atoms with Crippen LogP contribution in [0.2, 0.25) is 0 Å². The Morgan fingerprint density at radius 2 is 2.00 bits per heavy atom. The molecule has 0 aliphatic carbocycles. The molecule has 1 unspecified atom stereocenters. The summed E-state index contributed by atoms with van der Waals surface area (Å²) in [5, 5.41) is 23.4. The van der Waals surface area contributed by atoms with E-state index in [0.29, 0.717) is 11.8 Å². The van der Waals surface area contributed by atoms with Gasteiger partial charge in [-0.2, -0.15) is 4.80 Å². The van der Waals surface area contributed by atoms with Crippen LogP contribution in [0.15, 0.2) is 30.3 Å². The lowest BCUT2D eigenvalue weighted by atomic mass is 10.2. The van der Waals surface area contributed by atoms with Crippen LogP contribution in [0.25, 0.3) is 11.4 Å². The third-order valence-corrected chi connectivity index (χ3v) is 4.28. The van der Waals surface area contributed by atoms with Gasteiger partial charge in [0.1, 0.15) is 11.9 Å². The SMILES string of the molecule is CC(C(=O)Nc1nnc2n1CCCC2)n1nnc(-c2ccccc2)n1. The maximum Gasteiger partial charge on any atom is 0.253 e. The molecule has 0 radical (unpaired) electrons. The molecule has 1 amide bonds. The first-order chi connectivity index (χ1) is 12.2. The van der Waals surface area contributed by atoms with Crippen LogP contribution in [-0.4, -0.2) is 40.9 Å². The van der Waals surface area contributed by atoms with Gasteiger partial charge < -0.3 is 0 Å². The van der Waals surface area contributed by atoms with Crippen LogP contribution in [0.1, 0.15) is 31.6 Å². The maximum absolute atomic E-state index is 12.5. The Bertz CT molecular complexity index is 885. The Hall–Kier alpha value is -3.10. The van der Waals surface area contributed by atoms with Crippen LogP contribution in [0.4, 0.5) is 5.95 Å². The van der Waals surface area contributed by atoms with Crippen molar-refractivity contribution in [1.29, 1.82) is 0 Å². The second kappa shape index (κ2) is 6.42. The number of nitrogens with zero attached hydrogens (tertiary/aromatic N) is 7. The summed E-state index contributed by atoms with van der Waals surface area (Å²) >= 11 is 0. The van der Waals surface area contributed by atoms with Gasteiger partial charge in [0.2, 0.25) is 11.8 Å². The Morgan fingerprint density at radius 1 is 1.16 bits per heavy atom. The number of nitrogens with one attached hydrogen (secondary N) is 1. The van der Waals surface area contributed by atoms with Crippen molar-refractivity contribution < 1.29 is 4.79 Å². The molecule has 1 N–H and O–H groups in total. The largest absolute Gasteiger partial charge is 0.297 e. The average Bonchev–Trinajstić information content (AvgIpc) is 3.30. The summed E-state index contributed by atoms with van der Waals surface area (Å²) in [6.07, 6.45) is 3.06. The van der Waals surface area contributed by atoms with Crippen molar-refractivity contribution in [1.82, 2.24) is 35.0 Å². The van der Waals surface area contributed by atoms with E-state index in [4.69, 9.17) is 0 Å². The van der Waals surface area contributed by atoms with E-state index in [9.17, 15) is 4.79 Å². The number of aryl methyl sites for hydroxylation is 1. The molecule has 25 heavy (non-hydrogen) atoms. The fourth-order valence-corrected chi connectivity index (χ4v) is 2.81. The van der Waals surface area contributed by atoms with Crippen molar-refractivity contribution in [2.45, 2.75) is 38.8 Å². The summed E-state index contributed by atoms with van der Waals surface area (Å²) in [4.78, 5) is 13.8. The highest BCUT2D eigenvalue weighted by atomic mass is 16.2. The molecular formula is C16H18N8O. The van der Waals surface area contributed by atoms with Crippen LogP contribution in [-0.2, 0) is 17.8 Å². The lowest BCUT2D eigenvalue weighted by molar-refractivity contribution is -0.119. The molecule has 2 aromatic heterocycles. The summed E-state index contributed by atoms with van der Waals surface area (Å²) in [6, 6.07) is 8.91. The first-order valence-electron chi connectivity index (χ1n) is 8.30. The van der Waals surface area contributed by atoms with Crippen molar-refractivity contribution in [3.63, 3.8) is 0 Å². The molecule has 0 saturated heterocycles. The Balaban J connectivity index is 1.49. The summed E-state index contributed by atoms with van der Waals surface area (Å²) in [6.45, 7) is 2.55. The highest BCUT2D eigenvalue weighted by molar-refractivity contribution is 5.91. The minimum atomic E-state index is -0.610. The van der Waals surface area contributed by atoms with Gasteiger partial charge in [0.05, 0.1) is 0 Å². The number of carbonyl (C=O) groups is 1.